The van der Waals surface area contributed by atoms with Crippen LogP contribution in [0.25, 0.3) is 5.69 Å². The summed E-state index contributed by atoms with van der Waals surface area (Å²) in [6.45, 7) is 5.22. The normalized spacial score (nSPS) is 14.9. The van der Waals surface area contributed by atoms with Gasteiger partial charge in [0.1, 0.15) is 6.04 Å². The lowest BCUT2D eigenvalue weighted by molar-refractivity contribution is 0.180. The van der Waals surface area contributed by atoms with Crippen LogP contribution in [0.3, 0.4) is 0 Å². The Hall–Kier alpha value is -3.79. The van der Waals surface area contributed by atoms with Crippen LogP contribution in [0.15, 0.2) is 91.1 Å². The van der Waals surface area contributed by atoms with E-state index in [1.165, 1.54) is 11.1 Å². The zero-order chi connectivity index (χ0) is 22.1. The predicted octanol–water partition coefficient (Wildman–Crippen LogP) is 5.91. The van der Waals surface area contributed by atoms with Crippen molar-refractivity contribution in [2.45, 2.75) is 33.0 Å². The van der Waals surface area contributed by atoms with Gasteiger partial charge in [0.25, 0.3) is 0 Å². The molecular weight excluding hydrogens is 394 g/mol. The molecule has 1 N–H and O–H groups in total. The molecule has 1 aromatic heterocycles. The fourth-order valence-corrected chi connectivity index (χ4v) is 4.55. The van der Waals surface area contributed by atoms with Gasteiger partial charge in [0.15, 0.2) is 0 Å². The van der Waals surface area contributed by atoms with Gasteiger partial charge in [0.2, 0.25) is 0 Å². The highest BCUT2D eigenvalue weighted by Gasteiger charge is 2.33. The molecule has 0 fully saturated rings. The maximum atomic E-state index is 13.6. The van der Waals surface area contributed by atoms with Gasteiger partial charge in [0, 0.05) is 18.4 Å². The monoisotopic (exact) mass is 421 g/mol. The Bertz CT molecular complexity index is 1260. The summed E-state index contributed by atoms with van der Waals surface area (Å²) < 4.78 is 2.22. The minimum atomic E-state index is -0.184. The summed E-state index contributed by atoms with van der Waals surface area (Å²) in [6.07, 6.45) is 2.09. The van der Waals surface area contributed by atoms with Gasteiger partial charge in [-0.3, -0.25) is 0 Å². The van der Waals surface area contributed by atoms with Crippen LogP contribution < -0.4 is 5.32 Å². The molecule has 1 aliphatic heterocycles. The van der Waals surface area contributed by atoms with E-state index >= 15 is 0 Å². The number of nitrogens with zero attached hydrogens (tertiary/aromatic N) is 2. The lowest BCUT2D eigenvalue weighted by Gasteiger charge is -2.32. The van der Waals surface area contributed by atoms with Gasteiger partial charge in [-0.05, 0) is 54.3 Å². The largest absolute Gasteiger partial charge is 0.334 e. The maximum absolute atomic E-state index is 13.6. The number of carbonyl (C=O) groups is 1. The van der Waals surface area contributed by atoms with Crippen molar-refractivity contribution in [3.63, 3.8) is 0 Å². The lowest BCUT2D eigenvalue weighted by Crippen LogP contribution is -2.41. The van der Waals surface area contributed by atoms with E-state index in [2.05, 4.69) is 103 Å². The molecule has 3 aromatic carbocycles. The molecule has 1 atom stereocenters. The van der Waals surface area contributed by atoms with Crippen LogP contribution >= 0.6 is 0 Å². The first-order valence-electron chi connectivity index (χ1n) is 11.0. The molecule has 0 radical (unpaired) electrons. The summed E-state index contributed by atoms with van der Waals surface area (Å²) in [5.41, 5.74) is 7.97. The molecule has 32 heavy (non-hydrogen) atoms. The molecule has 5 rings (SSSR count). The summed E-state index contributed by atoms with van der Waals surface area (Å²) in [5, 5.41) is 3.17. The first-order chi connectivity index (χ1) is 15.6. The van der Waals surface area contributed by atoms with Crippen LogP contribution in [-0.2, 0) is 13.1 Å². The van der Waals surface area contributed by atoms with Crippen LogP contribution in [0.1, 0.15) is 39.6 Å². The molecule has 0 bridgehead atoms. The number of aryl methyl sites for hydroxylation is 2. The van der Waals surface area contributed by atoms with Crippen molar-refractivity contribution in [3.8, 4) is 5.69 Å². The van der Waals surface area contributed by atoms with E-state index in [9.17, 15) is 4.79 Å². The van der Waals surface area contributed by atoms with Gasteiger partial charge in [0.05, 0.1) is 12.2 Å². The van der Waals surface area contributed by atoms with E-state index in [1.807, 2.05) is 17.0 Å². The van der Waals surface area contributed by atoms with Crippen LogP contribution in [-0.4, -0.2) is 15.5 Å². The maximum Gasteiger partial charge on any atom is 0.318 e. The van der Waals surface area contributed by atoms with E-state index in [0.717, 1.165) is 28.1 Å². The summed E-state index contributed by atoms with van der Waals surface area (Å²) in [7, 11) is 0. The van der Waals surface area contributed by atoms with Crippen molar-refractivity contribution in [3.05, 3.63) is 125 Å². The molecule has 0 spiro atoms. The molecule has 160 valence electrons. The Balaban J connectivity index is 1.56. The summed E-state index contributed by atoms with van der Waals surface area (Å²) in [4.78, 5) is 15.6. The molecule has 0 saturated carbocycles. The number of para-hydroxylation sites is 1. The number of amides is 2. The quantitative estimate of drug-likeness (QED) is 0.439. The first kappa shape index (κ1) is 20.1. The minimum Gasteiger partial charge on any atom is -0.334 e. The van der Waals surface area contributed by atoms with Gasteiger partial charge < -0.3 is 14.8 Å². The van der Waals surface area contributed by atoms with Gasteiger partial charge in [-0.1, -0.05) is 72.3 Å². The fraction of sp³-hybridized carbons (Fsp3) is 0.179. The number of carbonyl (C=O) groups excluding carboxylic acids is 1. The SMILES string of the molecule is Cc1ccc(CNC(=O)N2Cc3ccccc3-n3cccc3[C@H]2c2ccccc2C)cc1. The van der Waals surface area contributed by atoms with Crippen molar-refractivity contribution in [1.29, 1.82) is 0 Å². The number of fused-ring (bicyclic) bond motifs is 3. The minimum absolute atomic E-state index is 0.0664. The fourth-order valence-electron chi connectivity index (χ4n) is 4.55. The highest BCUT2D eigenvalue weighted by atomic mass is 16.2. The third-order valence-electron chi connectivity index (χ3n) is 6.27. The number of nitrogens with one attached hydrogen (secondary N) is 1. The molecule has 0 unspecified atom stereocenters. The number of hydrogen-bond acceptors (Lipinski definition) is 1. The zero-order valence-corrected chi connectivity index (χ0v) is 18.5. The van der Waals surface area contributed by atoms with E-state index in [1.54, 1.807) is 0 Å². The smallest absolute Gasteiger partial charge is 0.318 e. The van der Waals surface area contributed by atoms with E-state index in [0.29, 0.717) is 13.1 Å². The number of hydrogen-bond donors (Lipinski definition) is 1. The Morgan fingerprint density at radius 3 is 2.47 bits per heavy atom. The molecule has 1 aliphatic rings. The lowest BCUT2D eigenvalue weighted by atomic mass is 9.97. The first-order valence-corrected chi connectivity index (χ1v) is 11.0. The molecule has 4 nitrogen and oxygen atoms in total. The van der Waals surface area contributed by atoms with Crippen molar-refractivity contribution in [2.75, 3.05) is 0 Å². The third-order valence-corrected chi connectivity index (χ3v) is 6.27. The van der Waals surface area contributed by atoms with Crippen LogP contribution in [0.5, 0.6) is 0 Å². The Morgan fingerprint density at radius 1 is 0.906 bits per heavy atom. The number of rotatable bonds is 3. The average Bonchev–Trinajstić information content (AvgIpc) is 3.24. The number of benzene rings is 3. The highest BCUT2D eigenvalue weighted by Crippen LogP contribution is 2.37. The van der Waals surface area contributed by atoms with E-state index in [4.69, 9.17) is 0 Å². The second-order valence-electron chi connectivity index (χ2n) is 8.46. The molecule has 0 aliphatic carbocycles. The van der Waals surface area contributed by atoms with Gasteiger partial charge in [-0.15, -0.1) is 0 Å². The topological polar surface area (TPSA) is 37.3 Å². The number of urea groups is 1. The summed E-state index contributed by atoms with van der Waals surface area (Å²) in [6, 6.07) is 28.9. The van der Waals surface area contributed by atoms with Crippen LogP contribution in [0.2, 0.25) is 0 Å². The van der Waals surface area contributed by atoms with Gasteiger partial charge >= 0.3 is 6.03 Å². The number of aromatic nitrogens is 1. The molecular formula is C28H27N3O. The average molecular weight is 422 g/mol. The Morgan fingerprint density at radius 2 is 1.66 bits per heavy atom. The van der Waals surface area contributed by atoms with E-state index < -0.39 is 0 Å². The highest BCUT2D eigenvalue weighted by molar-refractivity contribution is 5.76. The van der Waals surface area contributed by atoms with Crippen molar-refractivity contribution < 1.29 is 4.79 Å². The van der Waals surface area contributed by atoms with Gasteiger partial charge in [-0.25, -0.2) is 4.79 Å². The second kappa shape index (κ2) is 8.39. The Labute approximate surface area is 189 Å². The van der Waals surface area contributed by atoms with Crippen LogP contribution in [0, 0.1) is 13.8 Å². The zero-order valence-electron chi connectivity index (χ0n) is 18.5. The molecule has 2 amide bonds. The molecule has 4 aromatic rings. The van der Waals surface area contributed by atoms with Gasteiger partial charge in [-0.2, -0.15) is 0 Å². The van der Waals surface area contributed by atoms with Crippen molar-refractivity contribution >= 4 is 6.03 Å². The molecule has 2 heterocycles. The predicted molar refractivity (Wildman–Crippen MR) is 128 cm³/mol. The standard InChI is InChI=1S/C28H27N3O/c1-20-13-15-22(16-14-20)18-29-28(32)31-19-23-9-4-6-11-25(23)30-17-7-12-26(30)27(31)24-10-5-3-8-21(24)2/h3-17,27H,18-19H2,1-2H3,(H,29,32)/t27-/m1/s1. The third kappa shape index (κ3) is 3.69. The Kier molecular flexibility index (Phi) is 5.28. The second-order valence-corrected chi connectivity index (χ2v) is 8.46. The summed E-state index contributed by atoms with van der Waals surface area (Å²) in [5.74, 6) is 0. The summed E-state index contributed by atoms with van der Waals surface area (Å²) >= 11 is 0. The van der Waals surface area contributed by atoms with Crippen LogP contribution in [0.4, 0.5) is 4.79 Å². The van der Waals surface area contributed by atoms with E-state index in [-0.39, 0.29) is 12.1 Å². The molecule has 0 saturated heterocycles. The molecule has 4 heteroatoms. The van der Waals surface area contributed by atoms with Crippen molar-refractivity contribution in [2.24, 2.45) is 0 Å². The van der Waals surface area contributed by atoms with Crippen molar-refractivity contribution in [1.82, 2.24) is 14.8 Å².